The quantitative estimate of drug-likeness (QED) is 0.940. The highest BCUT2D eigenvalue weighted by Gasteiger charge is 2.23. The van der Waals surface area contributed by atoms with Gasteiger partial charge in [-0.15, -0.1) is 0 Å². The average Bonchev–Trinajstić information content (AvgIpc) is 2.87. The number of halogens is 1. The maximum atomic E-state index is 6.12. The summed E-state index contributed by atoms with van der Waals surface area (Å²) >= 11 is 6.12. The smallest absolute Gasteiger partial charge is 0.137 e. The number of rotatable bonds is 4. The van der Waals surface area contributed by atoms with E-state index in [0.717, 1.165) is 23.5 Å². The van der Waals surface area contributed by atoms with Gasteiger partial charge >= 0.3 is 0 Å². The Bertz CT molecular complexity index is 657. The van der Waals surface area contributed by atoms with Gasteiger partial charge in [0, 0.05) is 23.6 Å². The fourth-order valence-electron chi connectivity index (χ4n) is 2.60. The zero-order valence-corrected chi connectivity index (χ0v) is 12.7. The number of benzene rings is 2. The van der Waals surface area contributed by atoms with Gasteiger partial charge in [0.15, 0.2) is 0 Å². The SMILES string of the molecule is Cc1ccc2c(c1)CC(COc1cccc(Cl)c1CN)O2. The summed E-state index contributed by atoms with van der Waals surface area (Å²) in [4.78, 5) is 0. The molecule has 0 fully saturated rings. The second-order valence-corrected chi connectivity index (χ2v) is 5.69. The minimum Gasteiger partial charge on any atom is -0.489 e. The zero-order chi connectivity index (χ0) is 14.8. The second-order valence-electron chi connectivity index (χ2n) is 5.29. The Kier molecular flexibility index (Phi) is 4.04. The highest BCUT2D eigenvalue weighted by molar-refractivity contribution is 6.31. The molecule has 0 aromatic heterocycles. The van der Waals surface area contributed by atoms with Crippen LogP contribution in [0.1, 0.15) is 16.7 Å². The van der Waals surface area contributed by atoms with Crippen LogP contribution in [0.15, 0.2) is 36.4 Å². The topological polar surface area (TPSA) is 44.5 Å². The van der Waals surface area contributed by atoms with E-state index in [2.05, 4.69) is 19.1 Å². The Balaban J connectivity index is 1.66. The summed E-state index contributed by atoms with van der Waals surface area (Å²) in [5.41, 5.74) is 9.06. The molecule has 110 valence electrons. The summed E-state index contributed by atoms with van der Waals surface area (Å²) in [6.45, 7) is 2.94. The van der Waals surface area contributed by atoms with Crippen LogP contribution in [-0.4, -0.2) is 12.7 Å². The fraction of sp³-hybridized carbons (Fsp3) is 0.294. The van der Waals surface area contributed by atoms with Gasteiger partial charge in [-0.25, -0.2) is 0 Å². The first-order valence-electron chi connectivity index (χ1n) is 7.04. The van der Waals surface area contributed by atoms with Crippen molar-refractivity contribution in [3.8, 4) is 11.5 Å². The molecule has 0 saturated heterocycles. The Morgan fingerprint density at radius 3 is 3.00 bits per heavy atom. The van der Waals surface area contributed by atoms with Gasteiger partial charge in [0.25, 0.3) is 0 Å². The van der Waals surface area contributed by atoms with Crippen molar-refractivity contribution in [3.05, 3.63) is 58.1 Å². The van der Waals surface area contributed by atoms with Crippen molar-refractivity contribution >= 4 is 11.6 Å². The van der Waals surface area contributed by atoms with Gasteiger partial charge in [0.05, 0.1) is 0 Å². The van der Waals surface area contributed by atoms with Gasteiger partial charge < -0.3 is 15.2 Å². The van der Waals surface area contributed by atoms with E-state index in [0.29, 0.717) is 18.2 Å². The van der Waals surface area contributed by atoms with E-state index in [4.69, 9.17) is 26.8 Å². The summed E-state index contributed by atoms with van der Waals surface area (Å²) in [6, 6.07) is 11.8. The molecule has 1 aliphatic rings. The molecular weight excluding hydrogens is 286 g/mol. The van der Waals surface area contributed by atoms with Crippen LogP contribution >= 0.6 is 11.6 Å². The largest absolute Gasteiger partial charge is 0.489 e. The molecule has 0 bridgehead atoms. The van der Waals surface area contributed by atoms with E-state index < -0.39 is 0 Å². The van der Waals surface area contributed by atoms with Crippen LogP contribution in [0.5, 0.6) is 11.5 Å². The van der Waals surface area contributed by atoms with Gasteiger partial charge in [-0.2, -0.15) is 0 Å². The fourth-order valence-corrected chi connectivity index (χ4v) is 2.84. The molecule has 0 aliphatic carbocycles. The first kappa shape index (κ1) is 14.2. The molecule has 0 saturated carbocycles. The van der Waals surface area contributed by atoms with Crippen molar-refractivity contribution in [2.24, 2.45) is 5.73 Å². The summed E-state index contributed by atoms with van der Waals surface area (Å²) in [6.07, 6.45) is 0.904. The average molecular weight is 304 g/mol. The van der Waals surface area contributed by atoms with Crippen LogP contribution in [0.3, 0.4) is 0 Å². The number of nitrogens with two attached hydrogens (primary N) is 1. The molecule has 2 aromatic carbocycles. The molecule has 2 N–H and O–H groups in total. The number of hydrogen-bond acceptors (Lipinski definition) is 3. The predicted octanol–water partition coefficient (Wildman–Crippen LogP) is 3.49. The lowest BCUT2D eigenvalue weighted by Gasteiger charge is -2.15. The lowest BCUT2D eigenvalue weighted by Crippen LogP contribution is -2.22. The second kappa shape index (κ2) is 5.96. The lowest BCUT2D eigenvalue weighted by molar-refractivity contribution is 0.148. The van der Waals surface area contributed by atoms with E-state index >= 15 is 0 Å². The number of hydrogen-bond donors (Lipinski definition) is 1. The molecule has 0 spiro atoms. The standard InChI is InChI=1S/C17H18ClNO2/c1-11-5-6-16-12(7-11)8-13(21-16)10-20-17-4-2-3-15(18)14(17)9-19/h2-7,13H,8-10,19H2,1H3. The minimum absolute atomic E-state index is 0.0337. The molecule has 1 unspecified atom stereocenters. The Morgan fingerprint density at radius 1 is 1.33 bits per heavy atom. The van der Waals surface area contributed by atoms with Crippen molar-refractivity contribution in [1.82, 2.24) is 0 Å². The van der Waals surface area contributed by atoms with E-state index in [1.807, 2.05) is 24.3 Å². The molecule has 4 heteroatoms. The van der Waals surface area contributed by atoms with Gasteiger partial charge in [-0.1, -0.05) is 35.4 Å². The highest BCUT2D eigenvalue weighted by Crippen LogP contribution is 2.31. The summed E-state index contributed by atoms with van der Waals surface area (Å²) in [7, 11) is 0. The first-order valence-corrected chi connectivity index (χ1v) is 7.41. The molecule has 3 rings (SSSR count). The molecule has 21 heavy (non-hydrogen) atoms. The van der Waals surface area contributed by atoms with E-state index in [-0.39, 0.29) is 6.10 Å². The van der Waals surface area contributed by atoms with Crippen LogP contribution < -0.4 is 15.2 Å². The number of fused-ring (bicyclic) bond motifs is 1. The monoisotopic (exact) mass is 303 g/mol. The molecule has 0 amide bonds. The third-order valence-corrected chi connectivity index (χ3v) is 4.02. The Labute approximate surface area is 129 Å². The Morgan fingerprint density at radius 2 is 2.19 bits per heavy atom. The number of aryl methyl sites for hydroxylation is 1. The van der Waals surface area contributed by atoms with Crippen molar-refractivity contribution in [1.29, 1.82) is 0 Å². The van der Waals surface area contributed by atoms with Gasteiger partial charge in [0.2, 0.25) is 0 Å². The summed E-state index contributed by atoms with van der Waals surface area (Å²) in [5.74, 6) is 1.69. The first-order chi connectivity index (χ1) is 10.2. The van der Waals surface area contributed by atoms with Crippen LogP contribution in [0.4, 0.5) is 0 Å². The van der Waals surface area contributed by atoms with Gasteiger partial charge in [-0.05, 0) is 30.7 Å². The molecule has 1 aliphatic heterocycles. The molecular formula is C17H18ClNO2. The van der Waals surface area contributed by atoms with Crippen LogP contribution in [0.25, 0.3) is 0 Å². The number of ether oxygens (including phenoxy) is 2. The van der Waals surface area contributed by atoms with Crippen LogP contribution in [0, 0.1) is 6.92 Å². The lowest BCUT2D eigenvalue weighted by atomic mass is 10.1. The molecule has 1 atom stereocenters. The summed E-state index contributed by atoms with van der Waals surface area (Å²) in [5, 5.41) is 0.640. The van der Waals surface area contributed by atoms with Crippen molar-refractivity contribution in [2.75, 3.05) is 6.61 Å². The zero-order valence-electron chi connectivity index (χ0n) is 11.9. The van der Waals surface area contributed by atoms with E-state index in [9.17, 15) is 0 Å². The van der Waals surface area contributed by atoms with E-state index in [1.54, 1.807) is 0 Å². The normalized spacial score (nSPS) is 16.4. The van der Waals surface area contributed by atoms with Crippen LogP contribution in [0.2, 0.25) is 5.02 Å². The van der Waals surface area contributed by atoms with Crippen molar-refractivity contribution < 1.29 is 9.47 Å². The molecule has 0 radical (unpaired) electrons. The maximum Gasteiger partial charge on any atom is 0.137 e. The maximum absolute atomic E-state index is 6.12. The molecule has 3 nitrogen and oxygen atoms in total. The molecule has 1 heterocycles. The third-order valence-electron chi connectivity index (χ3n) is 3.66. The van der Waals surface area contributed by atoms with Crippen molar-refractivity contribution in [2.45, 2.75) is 26.0 Å². The third kappa shape index (κ3) is 2.99. The van der Waals surface area contributed by atoms with E-state index in [1.165, 1.54) is 11.1 Å². The summed E-state index contributed by atoms with van der Waals surface area (Å²) < 4.78 is 11.8. The predicted molar refractivity (Wildman–Crippen MR) is 84.1 cm³/mol. The Hall–Kier alpha value is -1.71. The van der Waals surface area contributed by atoms with Crippen LogP contribution in [-0.2, 0) is 13.0 Å². The van der Waals surface area contributed by atoms with Gasteiger partial charge in [-0.3, -0.25) is 0 Å². The molecule has 2 aromatic rings. The van der Waals surface area contributed by atoms with Crippen molar-refractivity contribution in [3.63, 3.8) is 0 Å². The highest BCUT2D eigenvalue weighted by atomic mass is 35.5. The van der Waals surface area contributed by atoms with Gasteiger partial charge in [0.1, 0.15) is 24.2 Å². The minimum atomic E-state index is 0.0337.